The van der Waals surface area contributed by atoms with E-state index in [4.69, 9.17) is 0 Å². The molecule has 0 bridgehead atoms. The van der Waals surface area contributed by atoms with Crippen LogP contribution < -0.4 is 10.8 Å². The number of rotatable bonds is 4. The van der Waals surface area contributed by atoms with E-state index in [9.17, 15) is 37.0 Å². The van der Waals surface area contributed by atoms with E-state index in [1.54, 1.807) is 0 Å². The summed E-state index contributed by atoms with van der Waals surface area (Å²) in [5.74, 6) is -8.06. The third kappa shape index (κ3) is 2.34. The number of benzene rings is 1. The topological polar surface area (TPSA) is 88.0 Å². The first-order valence-electron chi connectivity index (χ1n) is 5.22. The Morgan fingerprint density at radius 1 is 1.15 bits per heavy atom. The highest BCUT2D eigenvalue weighted by Crippen LogP contribution is 2.49. The Kier molecular flexibility index (Phi) is 4.07. The molecule has 0 saturated carbocycles. The van der Waals surface area contributed by atoms with Crippen molar-refractivity contribution in [3.63, 3.8) is 0 Å². The molecule has 0 amide bonds. The minimum absolute atomic E-state index is 0.751. The Hall–Kier alpha value is -1.74. The SMILES string of the molecule is [NH3+][C@@H](C(=O)[O-])[C@](O)(c1ccccc1)C(F)(F)C(F)(F)F. The lowest BCUT2D eigenvalue weighted by Crippen LogP contribution is -2.81. The van der Waals surface area contributed by atoms with E-state index in [1.165, 1.54) is 6.07 Å². The van der Waals surface area contributed by atoms with Crippen LogP contribution in [-0.4, -0.2) is 29.2 Å². The highest BCUT2D eigenvalue weighted by molar-refractivity contribution is 5.72. The van der Waals surface area contributed by atoms with Gasteiger partial charge in [-0.3, -0.25) is 0 Å². The van der Waals surface area contributed by atoms with E-state index < -0.39 is 35.3 Å². The smallest absolute Gasteiger partial charge is 0.457 e. The molecule has 0 spiro atoms. The molecule has 4 N–H and O–H groups in total. The minimum atomic E-state index is -6.16. The average Bonchev–Trinajstić information content (AvgIpc) is 2.36. The molecule has 0 unspecified atom stereocenters. The number of carboxylic acids is 1. The molecule has 1 aromatic rings. The number of hydrogen-bond donors (Lipinski definition) is 2. The number of carbonyl (C=O) groups is 1. The van der Waals surface area contributed by atoms with Crippen LogP contribution in [0.3, 0.4) is 0 Å². The molecule has 0 aliphatic carbocycles. The van der Waals surface area contributed by atoms with Crippen molar-refractivity contribution in [1.29, 1.82) is 0 Å². The van der Waals surface area contributed by atoms with E-state index in [-0.39, 0.29) is 0 Å². The third-order valence-electron chi connectivity index (χ3n) is 2.84. The van der Waals surface area contributed by atoms with Crippen molar-refractivity contribution in [2.45, 2.75) is 23.7 Å². The van der Waals surface area contributed by atoms with Crippen LogP contribution >= 0.6 is 0 Å². The molecule has 0 saturated heterocycles. The molecule has 112 valence electrons. The van der Waals surface area contributed by atoms with Gasteiger partial charge < -0.3 is 20.7 Å². The number of aliphatic carboxylic acids is 1. The van der Waals surface area contributed by atoms with Crippen molar-refractivity contribution in [2.24, 2.45) is 0 Å². The van der Waals surface area contributed by atoms with Crippen molar-refractivity contribution in [3.05, 3.63) is 35.9 Å². The Bertz CT molecular complexity index is 491. The first kappa shape index (κ1) is 16.3. The molecule has 20 heavy (non-hydrogen) atoms. The first-order valence-corrected chi connectivity index (χ1v) is 5.22. The second kappa shape index (κ2) is 4.98. The van der Waals surface area contributed by atoms with Crippen molar-refractivity contribution in [1.82, 2.24) is 0 Å². The van der Waals surface area contributed by atoms with E-state index in [0.717, 1.165) is 24.3 Å². The van der Waals surface area contributed by atoms with Crippen LogP contribution in [0.2, 0.25) is 0 Å². The van der Waals surface area contributed by atoms with Gasteiger partial charge in [-0.25, -0.2) is 0 Å². The number of alkyl halides is 5. The molecular formula is C11H10F5NO3. The Morgan fingerprint density at radius 2 is 1.60 bits per heavy atom. The fourth-order valence-corrected chi connectivity index (χ4v) is 1.68. The quantitative estimate of drug-likeness (QED) is 0.730. The Morgan fingerprint density at radius 3 is 1.95 bits per heavy atom. The zero-order valence-electron chi connectivity index (χ0n) is 9.82. The maximum absolute atomic E-state index is 13.6. The van der Waals surface area contributed by atoms with Crippen LogP contribution in [0.5, 0.6) is 0 Å². The Labute approximate surface area is 109 Å². The second-order valence-corrected chi connectivity index (χ2v) is 4.08. The molecule has 0 fully saturated rings. The summed E-state index contributed by atoms with van der Waals surface area (Å²) in [6, 6.07) is 2.22. The van der Waals surface area contributed by atoms with Crippen LogP contribution in [-0.2, 0) is 10.4 Å². The van der Waals surface area contributed by atoms with Gasteiger partial charge in [-0.1, -0.05) is 30.3 Å². The number of quaternary nitrogens is 1. The van der Waals surface area contributed by atoms with Crippen molar-refractivity contribution in [2.75, 3.05) is 0 Å². The van der Waals surface area contributed by atoms with Gasteiger partial charge in [0.15, 0.2) is 6.04 Å². The highest BCUT2D eigenvalue weighted by Gasteiger charge is 2.74. The normalized spacial score (nSPS) is 17.4. The van der Waals surface area contributed by atoms with Gasteiger partial charge in [0.25, 0.3) is 0 Å². The number of carbonyl (C=O) groups excluding carboxylic acids is 1. The zero-order valence-corrected chi connectivity index (χ0v) is 9.82. The number of hydrogen-bond acceptors (Lipinski definition) is 3. The molecule has 0 aliphatic rings. The van der Waals surface area contributed by atoms with Gasteiger partial charge in [-0.2, -0.15) is 22.0 Å². The van der Waals surface area contributed by atoms with Gasteiger partial charge in [0.05, 0.1) is 0 Å². The molecule has 1 aromatic carbocycles. The maximum Gasteiger partial charge on any atom is 0.457 e. The summed E-state index contributed by atoms with van der Waals surface area (Å²) in [5.41, 5.74) is -2.33. The van der Waals surface area contributed by atoms with E-state index in [1.807, 2.05) is 0 Å². The van der Waals surface area contributed by atoms with Crippen molar-refractivity contribution >= 4 is 5.97 Å². The van der Waals surface area contributed by atoms with Gasteiger partial charge in [0, 0.05) is 0 Å². The largest absolute Gasteiger partial charge is 0.544 e. The fraction of sp³-hybridized carbons (Fsp3) is 0.364. The molecular weight excluding hydrogens is 289 g/mol. The predicted molar refractivity (Wildman–Crippen MR) is 53.0 cm³/mol. The molecule has 0 aromatic heterocycles. The van der Waals surface area contributed by atoms with Gasteiger partial charge in [-0.15, -0.1) is 0 Å². The summed E-state index contributed by atoms with van der Waals surface area (Å²) in [7, 11) is 0. The van der Waals surface area contributed by atoms with Crippen molar-refractivity contribution < 1.29 is 42.7 Å². The van der Waals surface area contributed by atoms with Gasteiger partial charge in [-0.05, 0) is 5.56 Å². The molecule has 4 nitrogen and oxygen atoms in total. The van der Waals surface area contributed by atoms with Crippen LogP contribution in [0, 0.1) is 0 Å². The van der Waals surface area contributed by atoms with Crippen LogP contribution in [0.25, 0.3) is 0 Å². The predicted octanol–water partition coefficient (Wildman–Crippen LogP) is -0.568. The summed E-state index contributed by atoms with van der Waals surface area (Å²) >= 11 is 0. The van der Waals surface area contributed by atoms with Gasteiger partial charge in [0.1, 0.15) is 5.97 Å². The molecule has 1 rings (SSSR count). The first-order chi connectivity index (χ1) is 8.96. The summed E-state index contributed by atoms with van der Waals surface area (Å²) in [4.78, 5) is 10.7. The van der Waals surface area contributed by atoms with E-state index in [2.05, 4.69) is 5.73 Å². The van der Waals surface area contributed by atoms with E-state index >= 15 is 0 Å². The molecule has 9 heteroatoms. The average molecular weight is 299 g/mol. The summed E-state index contributed by atoms with van der Waals surface area (Å²) in [5, 5.41) is 20.5. The second-order valence-electron chi connectivity index (χ2n) is 4.08. The minimum Gasteiger partial charge on any atom is -0.544 e. The van der Waals surface area contributed by atoms with E-state index in [0.29, 0.717) is 0 Å². The Balaban J connectivity index is 3.56. The zero-order chi connectivity index (χ0) is 15.8. The summed E-state index contributed by atoms with van der Waals surface area (Å²) in [6.45, 7) is 0. The monoisotopic (exact) mass is 299 g/mol. The number of carboxylic acid groups (broad SMARTS) is 1. The lowest BCUT2D eigenvalue weighted by Gasteiger charge is -2.39. The standard InChI is InChI=1S/C11H10F5NO3/c12-10(13,11(14,15)16)9(20,7(17)8(18)19)6-4-2-1-3-5-6/h1-5,7,20H,17H2,(H,18,19)/t7-,9+/m0/s1. The molecule has 0 heterocycles. The lowest BCUT2D eigenvalue weighted by atomic mass is 9.80. The maximum atomic E-state index is 13.6. The third-order valence-corrected chi connectivity index (χ3v) is 2.84. The van der Waals surface area contributed by atoms with Gasteiger partial charge >= 0.3 is 12.1 Å². The lowest BCUT2D eigenvalue weighted by molar-refractivity contribution is -0.496. The summed E-state index contributed by atoms with van der Waals surface area (Å²) in [6.07, 6.45) is -6.16. The molecule has 0 aliphatic heterocycles. The van der Waals surface area contributed by atoms with Crippen molar-refractivity contribution in [3.8, 4) is 0 Å². The molecule has 2 atom stereocenters. The number of halogens is 5. The molecule has 0 radical (unpaired) electrons. The number of aliphatic hydroxyl groups is 1. The fourth-order valence-electron chi connectivity index (χ4n) is 1.68. The van der Waals surface area contributed by atoms with Gasteiger partial charge in [0.2, 0.25) is 5.60 Å². The highest BCUT2D eigenvalue weighted by atomic mass is 19.4. The van der Waals surface area contributed by atoms with Crippen LogP contribution in [0.1, 0.15) is 5.56 Å². The van der Waals surface area contributed by atoms with Crippen LogP contribution in [0.4, 0.5) is 22.0 Å². The summed E-state index contributed by atoms with van der Waals surface area (Å²) < 4.78 is 64.6. The van der Waals surface area contributed by atoms with Crippen LogP contribution in [0.15, 0.2) is 30.3 Å².